The number of ether oxygens (including phenoxy) is 1. The summed E-state index contributed by atoms with van der Waals surface area (Å²) in [5.74, 6) is 0.401. The van der Waals surface area contributed by atoms with Gasteiger partial charge in [-0.1, -0.05) is 6.07 Å². The third kappa shape index (κ3) is 2.94. The van der Waals surface area contributed by atoms with Crippen molar-refractivity contribution in [3.05, 3.63) is 29.3 Å². The molecule has 2 unspecified atom stereocenters. The van der Waals surface area contributed by atoms with Crippen molar-refractivity contribution in [1.82, 2.24) is 0 Å². The molecular formula is C12H12N2O3. The highest BCUT2D eigenvalue weighted by atomic mass is 16.5. The van der Waals surface area contributed by atoms with Crippen LogP contribution in [-0.2, 0) is 0 Å². The fraction of sp³-hybridized carbons (Fsp3) is 0.333. The van der Waals surface area contributed by atoms with Crippen LogP contribution in [0.4, 0.5) is 0 Å². The molecule has 0 spiro atoms. The van der Waals surface area contributed by atoms with Crippen LogP contribution in [0.25, 0.3) is 0 Å². The molecule has 0 saturated heterocycles. The Hall–Kier alpha value is -2.08. The Kier molecular flexibility index (Phi) is 4.47. The maximum atomic E-state index is 9.75. The second-order valence-corrected chi connectivity index (χ2v) is 3.45. The maximum absolute atomic E-state index is 9.75. The molecule has 5 nitrogen and oxygen atoms in total. The first-order chi connectivity index (χ1) is 8.13. The van der Waals surface area contributed by atoms with Crippen molar-refractivity contribution in [2.24, 2.45) is 0 Å². The van der Waals surface area contributed by atoms with Crippen molar-refractivity contribution in [2.45, 2.75) is 18.6 Å². The number of nitrogens with zero attached hydrogens (tertiary/aromatic N) is 2. The number of aliphatic hydroxyl groups excluding tert-OH is 2. The Morgan fingerprint density at radius 1 is 1.35 bits per heavy atom. The lowest BCUT2D eigenvalue weighted by molar-refractivity contribution is 0.0216. The minimum absolute atomic E-state index is 0.172. The van der Waals surface area contributed by atoms with Crippen molar-refractivity contribution in [2.75, 3.05) is 7.11 Å². The number of rotatable bonds is 4. The van der Waals surface area contributed by atoms with E-state index in [0.29, 0.717) is 11.3 Å². The Labute approximate surface area is 99.1 Å². The number of benzene rings is 1. The lowest BCUT2D eigenvalue weighted by Gasteiger charge is -2.16. The Morgan fingerprint density at radius 2 is 2.06 bits per heavy atom. The quantitative estimate of drug-likeness (QED) is 0.802. The number of methoxy groups -OCH3 is 1. The van der Waals surface area contributed by atoms with E-state index in [9.17, 15) is 10.2 Å². The Balaban J connectivity index is 3.01. The van der Waals surface area contributed by atoms with E-state index >= 15 is 0 Å². The lowest BCUT2D eigenvalue weighted by atomic mass is 10.0. The molecule has 0 amide bonds. The van der Waals surface area contributed by atoms with Gasteiger partial charge in [-0.3, -0.25) is 0 Å². The molecular weight excluding hydrogens is 220 g/mol. The summed E-state index contributed by atoms with van der Waals surface area (Å²) >= 11 is 0. The van der Waals surface area contributed by atoms with Gasteiger partial charge in [0, 0.05) is 0 Å². The zero-order valence-corrected chi connectivity index (χ0v) is 9.29. The van der Waals surface area contributed by atoms with Gasteiger partial charge in [0.1, 0.15) is 17.9 Å². The maximum Gasteiger partial charge on any atom is 0.136 e. The minimum atomic E-state index is -1.19. The summed E-state index contributed by atoms with van der Waals surface area (Å²) in [4.78, 5) is 0. The summed E-state index contributed by atoms with van der Waals surface area (Å²) in [6.07, 6.45) is -2.53. The van der Waals surface area contributed by atoms with Crippen LogP contribution in [0, 0.1) is 22.7 Å². The molecule has 2 atom stereocenters. The molecule has 0 fully saturated rings. The first-order valence-corrected chi connectivity index (χ1v) is 4.95. The number of hydrogen-bond donors (Lipinski definition) is 2. The van der Waals surface area contributed by atoms with E-state index in [2.05, 4.69) is 0 Å². The molecule has 1 aromatic rings. The third-order valence-corrected chi connectivity index (χ3v) is 2.35. The van der Waals surface area contributed by atoms with Gasteiger partial charge >= 0.3 is 0 Å². The summed E-state index contributed by atoms with van der Waals surface area (Å²) in [6, 6.07) is 8.22. The summed E-state index contributed by atoms with van der Waals surface area (Å²) in [7, 11) is 1.44. The summed E-state index contributed by atoms with van der Waals surface area (Å²) < 4.78 is 4.96. The monoisotopic (exact) mass is 232 g/mol. The first kappa shape index (κ1) is 13.0. The minimum Gasteiger partial charge on any atom is -0.495 e. The second-order valence-electron chi connectivity index (χ2n) is 3.45. The highest BCUT2D eigenvalue weighted by molar-refractivity contribution is 5.46. The van der Waals surface area contributed by atoms with Crippen LogP contribution in [0.5, 0.6) is 5.75 Å². The molecule has 1 rings (SSSR count). The molecule has 5 heteroatoms. The molecule has 0 aromatic heterocycles. The van der Waals surface area contributed by atoms with E-state index in [-0.39, 0.29) is 12.0 Å². The van der Waals surface area contributed by atoms with Gasteiger partial charge in [0.2, 0.25) is 0 Å². The van der Waals surface area contributed by atoms with Crippen LogP contribution in [-0.4, -0.2) is 23.4 Å². The molecule has 0 bridgehead atoms. The zero-order valence-electron chi connectivity index (χ0n) is 9.29. The van der Waals surface area contributed by atoms with Gasteiger partial charge < -0.3 is 14.9 Å². The topological polar surface area (TPSA) is 97.3 Å². The first-order valence-electron chi connectivity index (χ1n) is 4.95. The van der Waals surface area contributed by atoms with Gasteiger partial charge in [0.05, 0.1) is 31.3 Å². The van der Waals surface area contributed by atoms with Crippen molar-refractivity contribution >= 4 is 0 Å². The predicted molar refractivity (Wildman–Crippen MR) is 58.9 cm³/mol. The van der Waals surface area contributed by atoms with Crippen molar-refractivity contribution in [3.63, 3.8) is 0 Å². The summed E-state index contributed by atoms with van der Waals surface area (Å²) in [5.41, 5.74) is 0.651. The molecule has 0 heterocycles. The van der Waals surface area contributed by atoms with Crippen LogP contribution in [0.15, 0.2) is 18.2 Å². The van der Waals surface area contributed by atoms with Crippen LogP contribution in [0.3, 0.4) is 0 Å². The predicted octanol–water partition coefficient (Wildman–Crippen LogP) is 0.875. The zero-order chi connectivity index (χ0) is 12.8. The fourth-order valence-corrected chi connectivity index (χ4v) is 1.42. The molecule has 2 N–H and O–H groups in total. The molecule has 1 aromatic carbocycles. The van der Waals surface area contributed by atoms with Crippen LogP contribution in [0.1, 0.15) is 23.7 Å². The van der Waals surface area contributed by atoms with Crippen LogP contribution in [0.2, 0.25) is 0 Å². The SMILES string of the molecule is COc1ccc(C(O)C(O)CC#N)cc1C#N. The lowest BCUT2D eigenvalue weighted by Crippen LogP contribution is -2.17. The highest BCUT2D eigenvalue weighted by Crippen LogP contribution is 2.25. The number of hydrogen-bond acceptors (Lipinski definition) is 5. The standard InChI is InChI=1S/C12H12N2O3/c1-17-11-3-2-8(6-9(11)7-14)12(16)10(15)4-5-13/h2-3,6,10,12,15-16H,4H2,1H3. The fourth-order valence-electron chi connectivity index (χ4n) is 1.42. The second kappa shape index (κ2) is 5.86. The van der Waals surface area contributed by atoms with Crippen molar-refractivity contribution < 1.29 is 14.9 Å². The Bertz CT molecular complexity index is 474. The highest BCUT2D eigenvalue weighted by Gasteiger charge is 2.19. The Morgan fingerprint density at radius 3 is 2.59 bits per heavy atom. The van der Waals surface area contributed by atoms with Gasteiger partial charge in [-0.2, -0.15) is 10.5 Å². The molecule has 0 aliphatic heterocycles. The normalized spacial score (nSPS) is 13.2. The number of aliphatic hydroxyl groups is 2. The van der Waals surface area contributed by atoms with Gasteiger partial charge in [0.15, 0.2) is 0 Å². The number of nitriles is 2. The smallest absolute Gasteiger partial charge is 0.136 e. The average Bonchev–Trinajstić information content (AvgIpc) is 2.37. The van der Waals surface area contributed by atoms with E-state index in [1.807, 2.05) is 6.07 Å². The molecule has 88 valence electrons. The third-order valence-electron chi connectivity index (χ3n) is 2.35. The van der Waals surface area contributed by atoms with Gasteiger partial charge in [0.25, 0.3) is 0 Å². The molecule has 0 saturated carbocycles. The van der Waals surface area contributed by atoms with Crippen molar-refractivity contribution in [3.8, 4) is 17.9 Å². The van der Waals surface area contributed by atoms with E-state index in [1.165, 1.54) is 19.2 Å². The summed E-state index contributed by atoms with van der Waals surface area (Å²) in [5, 5.41) is 36.5. The summed E-state index contributed by atoms with van der Waals surface area (Å²) in [6.45, 7) is 0. The van der Waals surface area contributed by atoms with Gasteiger partial charge in [-0.25, -0.2) is 0 Å². The van der Waals surface area contributed by atoms with E-state index in [4.69, 9.17) is 15.3 Å². The van der Waals surface area contributed by atoms with Gasteiger partial charge in [-0.15, -0.1) is 0 Å². The van der Waals surface area contributed by atoms with Crippen molar-refractivity contribution in [1.29, 1.82) is 10.5 Å². The van der Waals surface area contributed by atoms with E-state index in [1.54, 1.807) is 12.1 Å². The molecule has 0 aliphatic rings. The molecule has 17 heavy (non-hydrogen) atoms. The molecule has 0 radical (unpaired) electrons. The molecule has 0 aliphatic carbocycles. The average molecular weight is 232 g/mol. The van der Waals surface area contributed by atoms with Gasteiger partial charge in [-0.05, 0) is 17.7 Å². The van der Waals surface area contributed by atoms with E-state index < -0.39 is 12.2 Å². The van der Waals surface area contributed by atoms with E-state index in [0.717, 1.165) is 0 Å². The largest absolute Gasteiger partial charge is 0.495 e. The van der Waals surface area contributed by atoms with Crippen LogP contribution >= 0.6 is 0 Å². The van der Waals surface area contributed by atoms with Crippen LogP contribution < -0.4 is 4.74 Å².